The average molecular weight is 304 g/mol. The molecule has 0 spiro atoms. The molecule has 0 fully saturated rings. The van der Waals surface area contributed by atoms with Gasteiger partial charge in [-0.3, -0.25) is 9.59 Å². The summed E-state index contributed by atoms with van der Waals surface area (Å²) < 4.78 is 0.877. The fourth-order valence-corrected chi connectivity index (χ4v) is 2.80. The molecule has 2 aromatic heterocycles. The normalized spacial score (nSPS) is 12.8. The van der Waals surface area contributed by atoms with E-state index in [-0.39, 0.29) is 5.16 Å². The van der Waals surface area contributed by atoms with Crippen molar-refractivity contribution in [1.82, 2.24) is 14.6 Å². The van der Waals surface area contributed by atoms with Gasteiger partial charge in [-0.1, -0.05) is 30.0 Å². The van der Waals surface area contributed by atoms with Crippen LogP contribution in [0.2, 0.25) is 0 Å². The van der Waals surface area contributed by atoms with Crippen molar-refractivity contribution in [1.29, 1.82) is 0 Å². The molecular weight excluding hydrogens is 292 g/mol. The van der Waals surface area contributed by atoms with Crippen LogP contribution in [0.3, 0.4) is 0 Å². The van der Waals surface area contributed by atoms with Crippen LogP contribution in [0.25, 0.3) is 21.9 Å². The summed E-state index contributed by atoms with van der Waals surface area (Å²) in [6, 6.07) is 7.37. The van der Waals surface area contributed by atoms with Gasteiger partial charge >= 0.3 is 5.97 Å². The van der Waals surface area contributed by atoms with E-state index < -0.39 is 16.8 Å². The zero-order valence-electron chi connectivity index (χ0n) is 11.0. The number of thioether (sulfide) groups is 1. The topological polar surface area (TPSA) is 114 Å². The van der Waals surface area contributed by atoms with E-state index in [1.54, 1.807) is 0 Å². The highest BCUT2D eigenvalue weighted by atomic mass is 32.2. The molecule has 21 heavy (non-hydrogen) atoms. The van der Waals surface area contributed by atoms with Crippen molar-refractivity contribution in [2.24, 2.45) is 0 Å². The Balaban J connectivity index is 2.27. The highest BCUT2D eigenvalue weighted by Crippen LogP contribution is 2.25. The Bertz CT molecular complexity index is 915. The van der Waals surface area contributed by atoms with Gasteiger partial charge < -0.3 is 15.9 Å². The fraction of sp³-hybridized carbons (Fsp3) is 0.154. The molecule has 108 valence electrons. The zero-order valence-corrected chi connectivity index (χ0v) is 11.8. The van der Waals surface area contributed by atoms with E-state index in [1.165, 1.54) is 6.92 Å². The number of hydrogen-bond acceptors (Lipinski definition) is 5. The molecule has 0 radical (unpaired) electrons. The molecule has 1 unspecified atom stereocenters. The van der Waals surface area contributed by atoms with Crippen LogP contribution >= 0.6 is 11.8 Å². The molecule has 0 amide bonds. The number of hydrogen-bond donors (Lipinski definition) is 3. The minimum Gasteiger partial charge on any atom is -0.480 e. The lowest BCUT2D eigenvalue weighted by molar-refractivity contribution is -0.136. The van der Waals surface area contributed by atoms with Crippen LogP contribution in [0, 0.1) is 0 Å². The number of aromatic amines is 1. The first-order valence-corrected chi connectivity index (χ1v) is 7.05. The largest absolute Gasteiger partial charge is 0.480 e. The number of rotatable bonds is 3. The number of fused-ring (bicyclic) bond motifs is 3. The number of nitrogen functional groups attached to an aromatic ring is 1. The third-order valence-corrected chi connectivity index (χ3v) is 4.21. The summed E-state index contributed by atoms with van der Waals surface area (Å²) in [4.78, 5) is 30.6. The molecule has 4 N–H and O–H groups in total. The van der Waals surface area contributed by atoms with E-state index in [4.69, 9.17) is 10.9 Å². The Hall–Kier alpha value is -2.48. The fourth-order valence-electron chi connectivity index (χ4n) is 2.05. The number of nitrogens with one attached hydrogen (secondary N) is 1. The quantitative estimate of drug-likeness (QED) is 0.380. The van der Waals surface area contributed by atoms with Crippen LogP contribution in [-0.4, -0.2) is 31.0 Å². The maximum atomic E-state index is 12.3. The summed E-state index contributed by atoms with van der Waals surface area (Å²) in [7, 11) is 0. The number of aromatic nitrogens is 3. The van der Waals surface area contributed by atoms with Crippen LogP contribution in [0.1, 0.15) is 6.92 Å². The number of nitrogens with zero attached hydrogens (tertiary/aromatic N) is 2. The van der Waals surface area contributed by atoms with Crippen molar-refractivity contribution in [3.8, 4) is 0 Å². The summed E-state index contributed by atoms with van der Waals surface area (Å²) in [6.07, 6.45) is 0. The molecule has 8 heteroatoms. The maximum absolute atomic E-state index is 12.3. The van der Waals surface area contributed by atoms with Gasteiger partial charge in [-0.05, 0) is 13.0 Å². The van der Waals surface area contributed by atoms with E-state index in [0.717, 1.165) is 27.3 Å². The summed E-state index contributed by atoms with van der Waals surface area (Å²) in [6.45, 7) is 1.51. The second kappa shape index (κ2) is 4.81. The second-order valence-electron chi connectivity index (χ2n) is 4.56. The number of carbonyl (C=O) groups is 1. The highest BCUT2D eigenvalue weighted by molar-refractivity contribution is 8.00. The Morgan fingerprint density at radius 2 is 2.19 bits per heavy atom. The van der Waals surface area contributed by atoms with Gasteiger partial charge in [-0.15, -0.1) is 0 Å². The molecule has 3 rings (SSSR count). The van der Waals surface area contributed by atoms with Gasteiger partial charge in [0.2, 0.25) is 0 Å². The Morgan fingerprint density at radius 1 is 1.48 bits per heavy atom. The molecule has 0 aliphatic carbocycles. The first-order valence-electron chi connectivity index (χ1n) is 6.17. The van der Waals surface area contributed by atoms with Gasteiger partial charge in [-0.25, -0.2) is 9.66 Å². The van der Waals surface area contributed by atoms with E-state index in [0.29, 0.717) is 11.0 Å². The minimum atomic E-state index is -0.992. The average Bonchev–Trinajstić information content (AvgIpc) is 2.83. The number of carboxylic acid groups (broad SMARTS) is 1. The van der Waals surface area contributed by atoms with Crippen LogP contribution in [0.5, 0.6) is 0 Å². The van der Waals surface area contributed by atoms with Crippen LogP contribution in [0.15, 0.2) is 34.2 Å². The van der Waals surface area contributed by atoms with E-state index in [9.17, 15) is 9.59 Å². The molecule has 0 aliphatic heterocycles. The van der Waals surface area contributed by atoms with Gasteiger partial charge in [-0.2, -0.15) is 0 Å². The van der Waals surface area contributed by atoms with Crippen molar-refractivity contribution >= 4 is 39.7 Å². The van der Waals surface area contributed by atoms with E-state index in [1.807, 2.05) is 24.3 Å². The minimum absolute atomic E-state index is 0.173. The van der Waals surface area contributed by atoms with Gasteiger partial charge in [0.25, 0.3) is 5.56 Å². The van der Waals surface area contributed by atoms with Crippen molar-refractivity contribution in [3.63, 3.8) is 0 Å². The molecule has 0 aliphatic rings. The van der Waals surface area contributed by atoms with E-state index in [2.05, 4.69) is 9.97 Å². The Labute approximate surface area is 122 Å². The van der Waals surface area contributed by atoms with Crippen molar-refractivity contribution in [2.45, 2.75) is 17.3 Å². The second-order valence-corrected chi connectivity index (χ2v) is 5.87. The molecule has 7 nitrogen and oxygen atoms in total. The van der Waals surface area contributed by atoms with Crippen LogP contribution in [0.4, 0.5) is 0 Å². The molecule has 0 saturated heterocycles. The van der Waals surface area contributed by atoms with E-state index >= 15 is 0 Å². The van der Waals surface area contributed by atoms with Gasteiger partial charge in [0.15, 0.2) is 5.16 Å². The summed E-state index contributed by atoms with van der Waals surface area (Å²) >= 11 is 0.933. The predicted molar refractivity (Wildman–Crippen MR) is 81.0 cm³/mol. The lowest BCUT2D eigenvalue weighted by Crippen LogP contribution is -2.30. The van der Waals surface area contributed by atoms with Gasteiger partial charge in [0.1, 0.15) is 16.3 Å². The standard InChI is InChI=1S/C13H12N4O3S/c1-6(12(19)20)21-13-16-9-7-4-2-3-5-8(7)15-10(9)11(18)17(13)14/h2-6,15H,14H2,1H3,(H,19,20). The first kappa shape index (κ1) is 13.5. The number of benzene rings is 1. The summed E-state index contributed by atoms with van der Waals surface area (Å²) in [5.74, 6) is 4.73. The summed E-state index contributed by atoms with van der Waals surface area (Å²) in [5, 5.41) is 9.18. The molecule has 2 heterocycles. The molecule has 0 saturated carbocycles. The summed E-state index contributed by atoms with van der Waals surface area (Å²) in [5.41, 5.74) is 1.16. The van der Waals surface area contributed by atoms with Crippen LogP contribution in [-0.2, 0) is 4.79 Å². The molecule has 3 aromatic rings. The number of H-pyrrole nitrogens is 1. The lowest BCUT2D eigenvalue weighted by Gasteiger charge is -2.09. The number of nitrogens with two attached hydrogens (primary N) is 1. The number of aliphatic carboxylic acids is 1. The number of para-hydroxylation sites is 1. The third-order valence-electron chi connectivity index (χ3n) is 3.15. The third kappa shape index (κ3) is 2.13. The number of carboxylic acids is 1. The molecule has 0 bridgehead atoms. The highest BCUT2D eigenvalue weighted by Gasteiger charge is 2.19. The van der Waals surface area contributed by atoms with Crippen molar-refractivity contribution in [3.05, 3.63) is 34.6 Å². The Morgan fingerprint density at radius 3 is 2.90 bits per heavy atom. The van der Waals surface area contributed by atoms with Gasteiger partial charge in [0.05, 0.1) is 0 Å². The first-order chi connectivity index (χ1) is 9.99. The molecular formula is C13H12N4O3S. The lowest BCUT2D eigenvalue weighted by atomic mass is 10.2. The molecule has 1 aromatic carbocycles. The Kier molecular flexibility index (Phi) is 3.09. The monoisotopic (exact) mass is 304 g/mol. The predicted octanol–water partition coefficient (Wildman–Crippen LogP) is 1.16. The van der Waals surface area contributed by atoms with Crippen LogP contribution < -0.4 is 11.4 Å². The maximum Gasteiger partial charge on any atom is 0.316 e. The van der Waals surface area contributed by atoms with Crippen molar-refractivity contribution < 1.29 is 9.90 Å². The zero-order chi connectivity index (χ0) is 15.1. The van der Waals surface area contributed by atoms with Crippen molar-refractivity contribution in [2.75, 3.05) is 5.84 Å². The molecule has 1 atom stereocenters. The van der Waals surface area contributed by atoms with Gasteiger partial charge in [0, 0.05) is 10.9 Å². The SMILES string of the molecule is CC(Sc1nc2c([nH]c3ccccc32)c(=O)n1N)C(=O)O. The smallest absolute Gasteiger partial charge is 0.316 e.